The SMILES string of the molecule is CCOc1ccccc1NC(=O)C[C@@H](C)n1nc(C)cc1C. The first kappa shape index (κ1) is 16.1. The van der Waals surface area contributed by atoms with Crippen LogP contribution in [0.3, 0.4) is 0 Å². The van der Waals surface area contributed by atoms with Gasteiger partial charge in [-0.15, -0.1) is 0 Å². The van der Waals surface area contributed by atoms with Crippen LogP contribution in [0.15, 0.2) is 30.3 Å². The molecule has 0 unspecified atom stereocenters. The van der Waals surface area contributed by atoms with Crippen LogP contribution < -0.4 is 10.1 Å². The average Bonchev–Trinajstić information content (AvgIpc) is 2.80. The second-order valence-electron chi connectivity index (χ2n) is 5.40. The molecule has 0 fully saturated rings. The first-order chi connectivity index (χ1) is 10.5. The fraction of sp³-hybridized carbons (Fsp3) is 0.412. The molecule has 0 aliphatic heterocycles. The molecule has 1 N–H and O–H groups in total. The zero-order valence-electron chi connectivity index (χ0n) is 13.6. The number of hydrogen-bond donors (Lipinski definition) is 1. The minimum Gasteiger partial charge on any atom is -0.492 e. The Morgan fingerprint density at radius 1 is 1.36 bits per heavy atom. The maximum Gasteiger partial charge on any atom is 0.226 e. The molecule has 1 amide bonds. The lowest BCUT2D eigenvalue weighted by molar-refractivity contribution is -0.116. The van der Waals surface area contributed by atoms with E-state index in [1.165, 1.54) is 0 Å². The van der Waals surface area contributed by atoms with Crippen LogP contribution >= 0.6 is 0 Å². The minimum absolute atomic E-state index is 0.00737. The summed E-state index contributed by atoms with van der Waals surface area (Å²) in [5, 5.41) is 7.35. The smallest absolute Gasteiger partial charge is 0.226 e. The van der Waals surface area contributed by atoms with Gasteiger partial charge in [0.2, 0.25) is 5.91 Å². The van der Waals surface area contributed by atoms with Crippen molar-refractivity contribution in [1.82, 2.24) is 9.78 Å². The predicted molar refractivity (Wildman–Crippen MR) is 87.3 cm³/mol. The van der Waals surface area contributed by atoms with E-state index in [1.54, 1.807) is 0 Å². The highest BCUT2D eigenvalue weighted by molar-refractivity contribution is 5.92. The van der Waals surface area contributed by atoms with E-state index >= 15 is 0 Å². The monoisotopic (exact) mass is 301 g/mol. The van der Waals surface area contributed by atoms with Crippen LogP contribution in [-0.2, 0) is 4.79 Å². The second kappa shape index (κ2) is 7.11. The van der Waals surface area contributed by atoms with Crippen molar-refractivity contribution < 1.29 is 9.53 Å². The number of carbonyl (C=O) groups is 1. The van der Waals surface area contributed by atoms with Crippen molar-refractivity contribution in [3.8, 4) is 5.75 Å². The maximum absolute atomic E-state index is 12.3. The van der Waals surface area contributed by atoms with Crippen molar-refractivity contribution in [3.05, 3.63) is 41.7 Å². The number of aromatic nitrogens is 2. The summed E-state index contributed by atoms with van der Waals surface area (Å²) >= 11 is 0. The van der Waals surface area contributed by atoms with E-state index in [0.29, 0.717) is 24.5 Å². The van der Waals surface area contributed by atoms with E-state index in [9.17, 15) is 4.79 Å². The molecule has 0 radical (unpaired) electrons. The van der Waals surface area contributed by atoms with Gasteiger partial charge in [-0.1, -0.05) is 12.1 Å². The van der Waals surface area contributed by atoms with Crippen molar-refractivity contribution in [2.24, 2.45) is 0 Å². The van der Waals surface area contributed by atoms with Gasteiger partial charge in [-0.25, -0.2) is 0 Å². The molecule has 0 saturated heterocycles. The number of benzene rings is 1. The molecule has 1 heterocycles. The van der Waals surface area contributed by atoms with E-state index < -0.39 is 0 Å². The summed E-state index contributed by atoms with van der Waals surface area (Å²) in [6.45, 7) is 8.43. The molecule has 0 bridgehead atoms. The van der Waals surface area contributed by atoms with E-state index in [0.717, 1.165) is 11.4 Å². The highest BCUT2D eigenvalue weighted by Crippen LogP contribution is 2.24. The Hall–Kier alpha value is -2.30. The van der Waals surface area contributed by atoms with Gasteiger partial charge in [0.25, 0.3) is 0 Å². The van der Waals surface area contributed by atoms with Gasteiger partial charge in [0.15, 0.2) is 0 Å². The Morgan fingerprint density at radius 3 is 2.73 bits per heavy atom. The summed E-state index contributed by atoms with van der Waals surface area (Å²) < 4.78 is 7.41. The molecule has 5 nitrogen and oxygen atoms in total. The number of ether oxygens (including phenoxy) is 1. The van der Waals surface area contributed by atoms with Crippen molar-refractivity contribution >= 4 is 11.6 Å². The molecule has 1 aromatic carbocycles. The fourth-order valence-corrected chi connectivity index (χ4v) is 2.50. The van der Waals surface area contributed by atoms with E-state index in [-0.39, 0.29) is 11.9 Å². The van der Waals surface area contributed by atoms with Crippen LogP contribution in [0, 0.1) is 13.8 Å². The van der Waals surface area contributed by atoms with Gasteiger partial charge >= 0.3 is 0 Å². The Kier molecular flexibility index (Phi) is 5.20. The predicted octanol–water partition coefficient (Wildman–Crippen LogP) is 3.49. The first-order valence-corrected chi connectivity index (χ1v) is 7.55. The molecule has 1 atom stereocenters. The quantitative estimate of drug-likeness (QED) is 0.888. The van der Waals surface area contributed by atoms with Gasteiger partial charge in [-0.05, 0) is 45.9 Å². The lowest BCUT2D eigenvalue weighted by Gasteiger charge is -2.15. The number of carbonyl (C=O) groups excluding carboxylic acids is 1. The molecule has 22 heavy (non-hydrogen) atoms. The second-order valence-corrected chi connectivity index (χ2v) is 5.40. The Bertz CT molecular complexity index is 649. The molecule has 2 rings (SSSR count). The van der Waals surface area contributed by atoms with Gasteiger partial charge in [-0.2, -0.15) is 5.10 Å². The normalized spacial score (nSPS) is 12.0. The third-order valence-electron chi connectivity index (χ3n) is 3.40. The van der Waals surface area contributed by atoms with Crippen LogP contribution in [0.25, 0.3) is 0 Å². The summed E-state index contributed by atoms with van der Waals surface area (Å²) in [6, 6.07) is 9.48. The van der Waals surface area contributed by atoms with Crippen molar-refractivity contribution in [3.63, 3.8) is 0 Å². The van der Waals surface area contributed by atoms with Gasteiger partial charge < -0.3 is 10.1 Å². The standard InChI is InChI=1S/C17H23N3O2/c1-5-22-16-9-7-6-8-15(16)18-17(21)11-14(4)20-13(3)10-12(2)19-20/h6-10,14H,5,11H2,1-4H3,(H,18,21)/t14-/m1/s1. The number of nitrogens with zero attached hydrogens (tertiary/aromatic N) is 2. The first-order valence-electron chi connectivity index (χ1n) is 7.55. The summed E-state index contributed by atoms with van der Waals surface area (Å²) in [5.41, 5.74) is 2.73. The van der Waals surface area contributed by atoms with Gasteiger partial charge in [0.1, 0.15) is 5.75 Å². The minimum atomic E-state index is -0.0489. The topological polar surface area (TPSA) is 56.1 Å². The van der Waals surface area contributed by atoms with E-state index in [1.807, 2.05) is 62.7 Å². The van der Waals surface area contributed by atoms with E-state index in [4.69, 9.17) is 4.74 Å². The van der Waals surface area contributed by atoms with Crippen molar-refractivity contribution in [2.75, 3.05) is 11.9 Å². The van der Waals surface area contributed by atoms with Crippen LogP contribution in [0.5, 0.6) is 5.75 Å². The summed E-state index contributed by atoms with van der Waals surface area (Å²) in [7, 11) is 0. The highest BCUT2D eigenvalue weighted by atomic mass is 16.5. The molecule has 1 aromatic heterocycles. The average molecular weight is 301 g/mol. The van der Waals surface area contributed by atoms with Crippen molar-refractivity contribution in [2.45, 2.75) is 40.2 Å². The maximum atomic E-state index is 12.3. The summed E-state index contributed by atoms with van der Waals surface area (Å²) in [5.74, 6) is 0.643. The molecular weight excluding hydrogens is 278 g/mol. The largest absolute Gasteiger partial charge is 0.492 e. The number of anilines is 1. The van der Waals surface area contributed by atoms with Gasteiger partial charge in [0.05, 0.1) is 24.0 Å². The van der Waals surface area contributed by atoms with Crippen LogP contribution in [-0.4, -0.2) is 22.3 Å². The zero-order chi connectivity index (χ0) is 16.1. The van der Waals surface area contributed by atoms with Crippen LogP contribution in [0.1, 0.15) is 37.7 Å². The molecule has 0 spiro atoms. The number of para-hydroxylation sites is 2. The van der Waals surface area contributed by atoms with Gasteiger partial charge in [-0.3, -0.25) is 9.48 Å². The summed E-state index contributed by atoms with van der Waals surface area (Å²) in [4.78, 5) is 12.3. The highest BCUT2D eigenvalue weighted by Gasteiger charge is 2.15. The molecule has 0 aliphatic carbocycles. The Balaban J connectivity index is 2.02. The molecular formula is C17H23N3O2. The lowest BCUT2D eigenvalue weighted by Crippen LogP contribution is -2.19. The molecule has 0 aliphatic rings. The number of amides is 1. The zero-order valence-corrected chi connectivity index (χ0v) is 13.6. The summed E-state index contributed by atoms with van der Waals surface area (Å²) in [6.07, 6.45) is 0.364. The number of aryl methyl sites for hydroxylation is 2. The third-order valence-corrected chi connectivity index (χ3v) is 3.40. The molecule has 5 heteroatoms. The lowest BCUT2D eigenvalue weighted by atomic mass is 10.2. The Labute approximate surface area is 131 Å². The third kappa shape index (κ3) is 3.87. The van der Waals surface area contributed by atoms with E-state index in [2.05, 4.69) is 10.4 Å². The number of rotatable bonds is 6. The molecule has 0 saturated carbocycles. The molecule has 118 valence electrons. The number of hydrogen-bond acceptors (Lipinski definition) is 3. The van der Waals surface area contributed by atoms with Crippen molar-refractivity contribution in [1.29, 1.82) is 0 Å². The number of nitrogens with one attached hydrogen (secondary N) is 1. The van der Waals surface area contributed by atoms with Gasteiger partial charge in [0, 0.05) is 12.1 Å². The molecule has 2 aromatic rings. The Morgan fingerprint density at radius 2 is 2.09 bits per heavy atom. The van der Waals surface area contributed by atoms with Crippen LogP contribution in [0.2, 0.25) is 0 Å². The van der Waals surface area contributed by atoms with Crippen LogP contribution in [0.4, 0.5) is 5.69 Å². The fourth-order valence-electron chi connectivity index (χ4n) is 2.50.